The summed E-state index contributed by atoms with van der Waals surface area (Å²) < 4.78 is 17.5. The number of ether oxygens (including phenoxy) is 3. The van der Waals surface area contributed by atoms with Gasteiger partial charge in [0, 0.05) is 32.0 Å². The lowest BCUT2D eigenvalue weighted by Gasteiger charge is -2.63. The number of methoxy groups -OCH3 is 1. The van der Waals surface area contributed by atoms with Crippen molar-refractivity contribution in [1.29, 1.82) is 0 Å². The van der Waals surface area contributed by atoms with Crippen LogP contribution in [0.4, 0.5) is 0 Å². The van der Waals surface area contributed by atoms with Crippen molar-refractivity contribution in [3.05, 3.63) is 0 Å². The fourth-order valence-electron chi connectivity index (χ4n) is 6.97. The number of nitrogens with zero attached hydrogens (tertiary/aromatic N) is 1. The van der Waals surface area contributed by atoms with Crippen molar-refractivity contribution in [2.45, 2.75) is 83.7 Å². The second kappa shape index (κ2) is 8.45. The second-order valence-electron chi connectivity index (χ2n) is 10.3. The second-order valence-corrected chi connectivity index (χ2v) is 10.3. The van der Waals surface area contributed by atoms with E-state index in [4.69, 9.17) is 14.2 Å². The van der Waals surface area contributed by atoms with Crippen molar-refractivity contribution in [2.24, 2.45) is 22.7 Å². The van der Waals surface area contributed by atoms with Crippen molar-refractivity contribution < 1.29 is 24.1 Å². The van der Waals surface area contributed by atoms with Crippen LogP contribution in [-0.4, -0.2) is 67.8 Å². The molecule has 4 rings (SSSR count). The minimum atomic E-state index is -0.392. The van der Waals surface area contributed by atoms with Crippen LogP contribution in [0, 0.1) is 22.7 Å². The minimum absolute atomic E-state index is 0.0187. The maximum atomic E-state index is 13.1. The van der Waals surface area contributed by atoms with Crippen LogP contribution < -0.4 is 0 Å². The Morgan fingerprint density at radius 1 is 1.14 bits per heavy atom. The number of aliphatic hydroxyl groups is 1. The summed E-state index contributed by atoms with van der Waals surface area (Å²) >= 11 is 0. The van der Waals surface area contributed by atoms with Crippen LogP contribution in [0.5, 0.6) is 0 Å². The van der Waals surface area contributed by atoms with Crippen LogP contribution in [0.2, 0.25) is 0 Å². The van der Waals surface area contributed by atoms with Crippen LogP contribution in [0.25, 0.3) is 0 Å². The first kappa shape index (κ1) is 21.5. The Morgan fingerprint density at radius 3 is 2.62 bits per heavy atom. The van der Waals surface area contributed by atoms with Crippen LogP contribution in [0.3, 0.4) is 0 Å². The van der Waals surface area contributed by atoms with Crippen molar-refractivity contribution in [3.63, 3.8) is 0 Å². The molecule has 0 spiro atoms. The number of carbonyl (C=O) groups excluding carboxylic acids is 1. The Bertz CT molecular complexity index is 594. The van der Waals surface area contributed by atoms with Gasteiger partial charge in [-0.3, -0.25) is 4.79 Å². The predicted molar refractivity (Wildman–Crippen MR) is 109 cm³/mol. The summed E-state index contributed by atoms with van der Waals surface area (Å²) in [5.74, 6) is 0.643. The summed E-state index contributed by atoms with van der Waals surface area (Å²) in [4.78, 5) is 15.1. The first-order valence-electron chi connectivity index (χ1n) is 11.6. The van der Waals surface area contributed by atoms with Crippen molar-refractivity contribution in [2.75, 3.05) is 33.4 Å². The van der Waals surface area contributed by atoms with E-state index >= 15 is 0 Å². The van der Waals surface area contributed by atoms with E-state index in [1.165, 1.54) is 6.42 Å². The number of carbonyl (C=O) groups is 1. The van der Waals surface area contributed by atoms with Gasteiger partial charge < -0.3 is 24.2 Å². The van der Waals surface area contributed by atoms with Crippen molar-refractivity contribution in [1.82, 2.24) is 4.90 Å². The molecule has 2 saturated carbocycles. The predicted octanol–water partition coefficient (Wildman–Crippen LogP) is 2.97. The van der Waals surface area contributed by atoms with E-state index in [1.807, 2.05) is 4.90 Å². The molecule has 2 heterocycles. The molecule has 0 aromatic heterocycles. The molecule has 0 aromatic rings. The zero-order valence-electron chi connectivity index (χ0n) is 18.4. The molecular weight excluding hydrogens is 370 g/mol. The third kappa shape index (κ3) is 3.86. The van der Waals surface area contributed by atoms with Gasteiger partial charge in [-0.1, -0.05) is 13.8 Å². The highest BCUT2D eigenvalue weighted by Crippen LogP contribution is 2.62. The molecule has 2 aliphatic heterocycles. The van der Waals surface area contributed by atoms with E-state index in [2.05, 4.69) is 13.8 Å². The van der Waals surface area contributed by atoms with Crippen LogP contribution in [-0.2, 0) is 19.0 Å². The van der Waals surface area contributed by atoms with Gasteiger partial charge in [-0.25, -0.2) is 0 Å². The van der Waals surface area contributed by atoms with Gasteiger partial charge in [0.05, 0.1) is 25.4 Å². The molecule has 7 atom stereocenters. The van der Waals surface area contributed by atoms with E-state index < -0.39 is 6.10 Å². The monoisotopic (exact) mass is 409 g/mol. The minimum Gasteiger partial charge on any atom is -0.393 e. The van der Waals surface area contributed by atoms with E-state index in [0.717, 1.165) is 51.6 Å². The van der Waals surface area contributed by atoms with Gasteiger partial charge in [0.2, 0.25) is 5.91 Å². The molecule has 4 fully saturated rings. The number of likely N-dealkylation sites (tertiary alicyclic amines) is 1. The highest BCUT2D eigenvalue weighted by atomic mass is 16.7. The fourth-order valence-corrected chi connectivity index (χ4v) is 6.97. The first-order chi connectivity index (χ1) is 13.9. The average Bonchev–Trinajstić information content (AvgIpc) is 2.72. The van der Waals surface area contributed by atoms with Gasteiger partial charge in [-0.15, -0.1) is 0 Å². The summed E-state index contributed by atoms with van der Waals surface area (Å²) in [6.45, 7) is 7.49. The highest BCUT2D eigenvalue weighted by Gasteiger charge is 2.61. The summed E-state index contributed by atoms with van der Waals surface area (Å²) in [7, 11) is 1.67. The molecule has 2 saturated heterocycles. The van der Waals surface area contributed by atoms with Gasteiger partial charge >= 0.3 is 0 Å². The number of aliphatic hydroxyl groups excluding tert-OH is 1. The normalized spacial score (nSPS) is 45.4. The summed E-state index contributed by atoms with van der Waals surface area (Å²) in [6.07, 6.45) is 7.07. The lowest BCUT2D eigenvalue weighted by Crippen LogP contribution is -2.63. The molecule has 0 unspecified atom stereocenters. The average molecular weight is 410 g/mol. The van der Waals surface area contributed by atoms with Crippen molar-refractivity contribution in [3.8, 4) is 0 Å². The van der Waals surface area contributed by atoms with Gasteiger partial charge in [-0.2, -0.15) is 0 Å². The van der Waals surface area contributed by atoms with Gasteiger partial charge in [0.1, 0.15) is 0 Å². The zero-order chi connectivity index (χ0) is 20.6. The molecule has 6 heteroatoms. The van der Waals surface area contributed by atoms with Crippen LogP contribution >= 0.6 is 0 Å². The standard InChI is InChI=1S/C23H39NO5/c1-22-10-9-19-23(2,15-28-21(29-19)14-27-3)18(22)8-7-17(25)16(22)13-20(26)24-11-5-4-6-12-24/h16-19,21,25H,4-15H2,1-3H3/t16-,17-,18+,19-,21-,22+,23+/m1/s1. The number of amides is 1. The fraction of sp³-hybridized carbons (Fsp3) is 0.957. The Balaban J connectivity index is 1.51. The molecule has 0 aromatic carbocycles. The van der Waals surface area contributed by atoms with E-state index in [1.54, 1.807) is 7.11 Å². The van der Waals surface area contributed by atoms with E-state index in [0.29, 0.717) is 25.6 Å². The van der Waals surface area contributed by atoms with Gasteiger partial charge in [0.25, 0.3) is 0 Å². The Morgan fingerprint density at radius 2 is 1.90 bits per heavy atom. The third-order valence-electron chi connectivity index (χ3n) is 8.64. The highest BCUT2D eigenvalue weighted by molar-refractivity contribution is 5.76. The summed E-state index contributed by atoms with van der Waals surface area (Å²) in [6, 6.07) is 0. The lowest BCUT2D eigenvalue weighted by molar-refractivity contribution is -0.316. The molecule has 0 bridgehead atoms. The topological polar surface area (TPSA) is 68.2 Å². The largest absolute Gasteiger partial charge is 0.393 e. The molecule has 0 radical (unpaired) electrons. The summed E-state index contributed by atoms with van der Waals surface area (Å²) in [5, 5.41) is 11.0. The van der Waals surface area contributed by atoms with Crippen LogP contribution in [0.1, 0.15) is 65.2 Å². The molecule has 1 N–H and O–H groups in total. The quantitative estimate of drug-likeness (QED) is 0.773. The van der Waals surface area contributed by atoms with Gasteiger partial charge in [-0.05, 0) is 62.2 Å². The third-order valence-corrected chi connectivity index (χ3v) is 8.64. The number of piperidine rings is 1. The maximum absolute atomic E-state index is 13.1. The Labute approximate surface area is 175 Å². The molecule has 29 heavy (non-hydrogen) atoms. The van der Waals surface area contributed by atoms with Crippen molar-refractivity contribution >= 4 is 5.91 Å². The Hall–Kier alpha value is -0.690. The molecule has 2 aliphatic carbocycles. The number of fused-ring (bicyclic) bond motifs is 3. The lowest BCUT2D eigenvalue weighted by atomic mass is 9.46. The number of rotatable bonds is 4. The Kier molecular flexibility index (Phi) is 6.27. The first-order valence-corrected chi connectivity index (χ1v) is 11.6. The molecule has 1 amide bonds. The number of hydrogen-bond donors (Lipinski definition) is 1. The zero-order valence-corrected chi connectivity index (χ0v) is 18.4. The van der Waals surface area contributed by atoms with E-state index in [9.17, 15) is 9.90 Å². The van der Waals surface area contributed by atoms with Crippen LogP contribution in [0.15, 0.2) is 0 Å². The summed E-state index contributed by atoms with van der Waals surface area (Å²) in [5.41, 5.74) is -0.140. The number of hydrogen-bond acceptors (Lipinski definition) is 5. The molecule has 4 aliphatic rings. The van der Waals surface area contributed by atoms with E-state index in [-0.39, 0.29) is 35.0 Å². The SMILES string of the molecule is COC[C@@H]1OC[C@@]2(C)[C@H]3CC[C@@H](O)[C@@H](CC(=O)N4CCCCC4)[C@]3(C)CC[C@H]2O1. The molecule has 6 nitrogen and oxygen atoms in total. The molecular formula is C23H39NO5. The molecule has 166 valence electrons. The maximum Gasteiger partial charge on any atom is 0.222 e. The van der Waals surface area contributed by atoms with Gasteiger partial charge in [0.15, 0.2) is 6.29 Å². The smallest absolute Gasteiger partial charge is 0.222 e.